The summed E-state index contributed by atoms with van der Waals surface area (Å²) in [6, 6.07) is 8.72. The van der Waals surface area contributed by atoms with Crippen LogP contribution in [-0.4, -0.2) is 68.8 Å². The molecule has 10 heteroatoms. The number of esters is 4. The molecule has 0 bridgehead atoms. The molecule has 0 aliphatic heterocycles. The molecule has 1 saturated carbocycles. The second-order valence-electron chi connectivity index (χ2n) is 7.44. The fourth-order valence-corrected chi connectivity index (χ4v) is 4.14. The van der Waals surface area contributed by atoms with Crippen molar-refractivity contribution in [1.82, 2.24) is 0 Å². The topological polar surface area (TPSA) is 142 Å². The molecule has 2 rings (SSSR count). The normalized spacial score (nSPS) is 27.0. The number of carbonyl (C=O) groups is 5. The summed E-state index contributed by atoms with van der Waals surface area (Å²) in [5.74, 6) is -12.2. The Labute approximate surface area is 190 Å². The molecule has 1 N–H and O–H groups in total. The highest BCUT2D eigenvalue weighted by atomic mass is 16.5. The molecule has 0 spiro atoms. The maximum atomic E-state index is 13.4. The Kier molecular flexibility index (Phi) is 8.47. The fourth-order valence-electron chi connectivity index (χ4n) is 4.14. The third-order valence-corrected chi connectivity index (χ3v) is 5.74. The van der Waals surface area contributed by atoms with Crippen molar-refractivity contribution in [3.63, 3.8) is 0 Å². The van der Waals surface area contributed by atoms with E-state index in [0.717, 1.165) is 28.4 Å². The number of carbonyl (C=O) groups excluding carboxylic acids is 5. The molecular formula is C23H26O10. The lowest BCUT2D eigenvalue weighted by Crippen LogP contribution is -2.65. The van der Waals surface area contributed by atoms with Gasteiger partial charge in [-0.15, -0.1) is 0 Å². The molecule has 1 aromatic rings. The maximum absolute atomic E-state index is 13.4. The zero-order valence-corrected chi connectivity index (χ0v) is 18.7. The van der Waals surface area contributed by atoms with Crippen molar-refractivity contribution in [1.29, 1.82) is 0 Å². The Morgan fingerprint density at radius 1 is 0.879 bits per heavy atom. The molecule has 0 saturated heterocycles. The van der Waals surface area contributed by atoms with Gasteiger partial charge in [0.2, 0.25) is 0 Å². The summed E-state index contributed by atoms with van der Waals surface area (Å²) >= 11 is 0. The first kappa shape index (κ1) is 25.7. The second kappa shape index (κ2) is 10.9. The number of aliphatic hydroxyl groups is 1. The quantitative estimate of drug-likeness (QED) is 0.347. The summed E-state index contributed by atoms with van der Waals surface area (Å²) < 4.78 is 18.9. The van der Waals surface area contributed by atoms with Crippen LogP contribution in [0.5, 0.6) is 0 Å². The number of ether oxygens (including phenoxy) is 4. The minimum absolute atomic E-state index is 0.652. The maximum Gasteiger partial charge on any atom is 0.317 e. The van der Waals surface area contributed by atoms with Crippen LogP contribution < -0.4 is 0 Å². The zero-order chi connectivity index (χ0) is 24.8. The molecule has 178 valence electrons. The van der Waals surface area contributed by atoms with E-state index < -0.39 is 65.4 Å². The van der Waals surface area contributed by atoms with Crippen LogP contribution in [0, 0.1) is 23.7 Å². The van der Waals surface area contributed by atoms with Crippen molar-refractivity contribution < 1.29 is 48.0 Å². The average molecular weight is 462 g/mol. The standard InChI is InChI=1S/C23H26O10/c1-30-15(24)12-23(29)14(11-10-13-8-6-5-7-9-13)16(20(26)31-2)19(25)17(21(27)32-3)18(23)22(28)33-4/h5-11,14,16-18,29H,12H2,1-4H3/b11-10+/t14-,16+,17-,18-,23-/m1/s1. The zero-order valence-electron chi connectivity index (χ0n) is 18.7. The Hall–Kier alpha value is -3.53. The van der Waals surface area contributed by atoms with Crippen LogP contribution in [0.3, 0.4) is 0 Å². The smallest absolute Gasteiger partial charge is 0.317 e. The van der Waals surface area contributed by atoms with Gasteiger partial charge in [-0.05, 0) is 5.56 Å². The van der Waals surface area contributed by atoms with Crippen molar-refractivity contribution in [3.8, 4) is 0 Å². The van der Waals surface area contributed by atoms with Crippen LogP contribution >= 0.6 is 0 Å². The fraction of sp³-hybridized carbons (Fsp3) is 0.435. The van der Waals surface area contributed by atoms with Crippen LogP contribution in [-0.2, 0) is 42.9 Å². The molecule has 33 heavy (non-hydrogen) atoms. The van der Waals surface area contributed by atoms with E-state index in [1.807, 2.05) is 0 Å². The minimum Gasteiger partial charge on any atom is -0.469 e. The Morgan fingerprint density at radius 3 is 1.94 bits per heavy atom. The van der Waals surface area contributed by atoms with E-state index in [1.165, 1.54) is 12.2 Å². The van der Waals surface area contributed by atoms with Gasteiger partial charge >= 0.3 is 23.9 Å². The molecule has 10 nitrogen and oxygen atoms in total. The minimum atomic E-state index is -2.43. The number of methoxy groups -OCH3 is 4. The van der Waals surface area contributed by atoms with E-state index >= 15 is 0 Å². The lowest BCUT2D eigenvalue weighted by molar-refractivity contribution is -0.197. The molecule has 5 atom stereocenters. The Bertz CT molecular complexity index is 938. The number of hydrogen-bond acceptors (Lipinski definition) is 10. The molecule has 1 aromatic carbocycles. The SMILES string of the molecule is COC(=O)C[C@@]1(O)[C@H](/C=C/c2ccccc2)[C@H](C(=O)OC)C(=O)[C@H](C(=O)OC)[C@@H]1C(=O)OC. The van der Waals surface area contributed by atoms with Crippen molar-refractivity contribution >= 4 is 35.7 Å². The van der Waals surface area contributed by atoms with Crippen LogP contribution in [0.1, 0.15) is 12.0 Å². The largest absolute Gasteiger partial charge is 0.469 e. The summed E-state index contributed by atoms with van der Waals surface area (Å²) in [5.41, 5.74) is -1.78. The van der Waals surface area contributed by atoms with E-state index in [-0.39, 0.29) is 0 Å². The average Bonchev–Trinajstić information content (AvgIpc) is 2.82. The van der Waals surface area contributed by atoms with E-state index in [9.17, 15) is 29.1 Å². The number of benzene rings is 1. The van der Waals surface area contributed by atoms with Gasteiger partial charge < -0.3 is 24.1 Å². The van der Waals surface area contributed by atoms with Crippen LogP contribution in [0.15, 0.2) is 36.4 Å². The van der Waals surface area contributed by atoms with Gasteiger partial charge in [-0.25, -0.2) is 0 Å². The van der Waals surface area contributed by atoms with Crippen LogP contribution in [0.4, 0.5) is 0 Å². The summed E-state index contributed by atoms with van der Waals surface area (Å²) in [5, 5.41) is 11.8. The van der Waals surface area contributed by atoms with Gasteiger partial charge in [0.05, 0.1) is 40.5 Å². The molecule has 0 aromatic heterocycles. The number of hydrogen-bond donors (Lipinski definition) is 1. The predicted octanol–water partition coefficient (Wildman–Crippen LogP) is 0.560. The van der Waals surface area contributed by atoms with E-state index in [0.29, 0.717) is 5.56 Å². The van der Waals surface area contributed by atoms with Crippen molar-refractivity contribution in [2.75, 3.05) is 28.4 Å². The number of rotatable bonds is 7. The first-order chi connectivity index (χ1) is 15.7. The molecule has 0 heterocycles. The number of ketones is 1. The molecule has 1 fully saturated rings. The molecule has 0 radical (unpaired) electrons. The molecule has 0 unspecified atom stereocenters. The molecule has 1 aliphatic rings. The highest BCUT2D eigenvalue weighted by Crippen LogP contribution is 2.48. The monoisotopic (exact) mass is 462 g/mol. The van der Waals surface area contributed by atoms with E-state index in [4.69, 9.17) is 9.47 Å². The lowest BCUT2D eigenvalue weighted by Gasteiger charge is -2.47. The van der Waals surface area contributed by atoms with E-state index in [1.54, 1.807) is 30.3 Å². The number of Topliss-reactive ketones (excluding diaryl/α,β-unsaturated/α-hetero) is 1. The first-order valence-electron chi connectivity index (χ1n) is 9.95. The van der Waals surface area contributed by atoms with Gasteiger partial charge in [0.1, 0.15) is 17.8 Å². The molecule has 1 aliphatic carbocycles. The van der Waals surface area contributed by atoms with Gasteiger partial charge in [-0.1, -0.05) is 42.5 Å². The predicted molar refractivity (Wildman–Crippen MR) is 112 cm³/mol. The highest BCUT2D eigenvalue weighted by molar-refractivity contribution is 6.12. The van der Waals surface area contributed by atoms with Gasteiger partial charge in [-0.3, -0.25) is 24.0 Å². The summed E-state index contributed by atoms with van der Waals surface area (Å²) in [4.78, 5) is 63.6. The second-order valence-corrected chi connectivity index (χ2v) is 7.44. The summed E-state index contributed by atoms with van der Waals surface area (Å²) in [7, 11) is 4.09. The highest BCUT2D eigenvalue weighted by Gasteiger charge is 2.65. The molecule has 0 amide bonds. The van der Waals surface area contributed by atoms with Gasteiger partial charge in [0, 0.05) is 5.92 Å². The third kappa shape index (κ3) is 5.11. The van der Waals surface area contributed by atoms with Crippen LogP contribution in [0.2, 0.25) is 0 Å². The Balaban J connectivity index is 2.79. The van der Waals surface area contributed by atoms with Gasteiger partial charge in [-0.2, -0.15) is 0 Å². The summed E-state index contributed by atoms with van der Waals surface area (Å²) in [6.45, 7) is 0. The van der Waals surface area contributed by atoms with Crippen molar-refractivity contribution in [3.05, 3.63) is 42.0 Å². The van der Waals surface area contributed by atoms with Crippen molar-refractivity contribution in [2.45, 2.75) is 12.0 Å². The van der Waals surface area contributed by atoms with Gasteiger partial charge in [0.15, 0.2) is 5.78 Å². The summed E-state index contributed by atoms with van der Waals surface area (Å²) in [6.07, 6.45) is 2.03. The van der Waals surface area contributed by atoms with E-state index in [2.05, 4.69) is 9.47 Å². The Morgan fingerprint density at radius 2 is 1.42 bits per heavy atom. The van der Waals surface area contributed by atoms with Crippen molar-refractivity contribution in [2.24, 2.45) is 23.7 Å². The van der Waals surface area contributed by atoms with Gasteiger partial charge in [0.25, 0.3) is 0 Å². The first-order valence-corrected chi connectivity index (χ1v) is 9.95. The lowest BCUT2D eigenvalue weighted by atomic mass is 9.57. The third-order valence-electron chi connectivity index (χ3n) is 5.74. The molecular weight excluding hydrogens is 436 g/mol. The van der Waals surface area contributed by atoms with Crippen LogP contribution in [0.25, 0.3) is 6.08 Å².